The van der Waals surface area contributed by atoms with E-state index in [-0.39, 0.29) is 17.1 Å². The van der Waals surface area contributed by atoms with Gasteiger partial charge in [0.1, 0.15) is 0 Å². The number of rotatable bonds is 7. The molecule has 1 aliphatic rings. The van der Waals surface area contributed by atoms with Crippen molar-refractivity contribution in [2.24, 2.45) is 0 Å². The van der Waals surface area contributed by atoms with E-state index in [4.69, 9.17) is 11.6 Å². The van der Waals surface area contributed by atoms with E-state index in [1.165, 1.54) is 11.1 Å². The number of pyridine rings is 2. The molecule has 1 aliphatic carbocycles. The molecule has 0 unspecified atom stereocenters. The highest BCUT2D eigenvalue weighted by Crippen LogP contribution is 2.47. The van der Waals surface area contributed by atoms with Crippen molar-refractivity contribution in [3.05, 3.63) is 118 Å². The molecule has 5 aromatic rings. The zero-order chi connectivity index (χ0) is 24.7. The molecular formula is C29H26ClN5O. The summed E-state index contributed by atoms with van der Waals surface area (Å²) >= 11 is 6.08. The Morgan fingerprint density at radius 2 is 1.81 bits per heavy atom. The molecule has 1 fully saturated rings. The number of imidazole rings is 1. The van der Waals surface area contributed by atoms with Crippen molar-refractivity contribution in [3.63, 3.8) is 0 Å². The van der Waals surface area contributed by atoms with Crippen molar-refractivity contribution in [1.82, 2.24) is 19.7 Å². The number of halogens is 1. The van der Waals surface area contributed by atoms with E-state index in [1.807, 2.05) is 40.9 Å². The Kier molecular flexibility index (Phi) is 5.63. The fraction of sp³-hybridized carbons (Fsp3) is 0.172. The molecule has 1 saturated carbocycles. The second kappa shape index (κ2) is 8.97. The molecule has 1 atom stereocenters. The van der Waals surface area contributed by atoms with Gasteiger partial charge in [-0.05, 0) is 73.4 Å². The summed E-state index contributed by atoms with van der Waals surface area (Å²) in [4.78, 5) is 19.0. The van der Waals surface area contributed by atoms with Crippen LogP contribution < -0.4 is 16.2 Å². The third-order valence-corrected chi connectivity index (χ3v) is 7.20. The first kappa shape index (κ1) is 22.6. The van der Waals surface area contributed by atoms with Crippen LogP contribution in [-0.2, 0) is 5.54 Å². The molecule has 36 heavy (non-hydrogen) atoms. The van der Waals surface area contributed by atoms with Crippen molar-refractivity contribution in [2.75, 3.05) is 5.32 Å². The van der Waals surface area contributed by atoms with Crippen LogP contribution in [0.3, 0.4) is 0 Å². The minimum atomic E-state index is -0.132. The van der Waals surface area contributed by atoms with E-state index in [2.05, 4.69) is 63.9 Å². The first-order chi connectivity index (χ1) is 17.5. The lowest BCUT2D eigenvalue weighted by molar-refractivity contribution is 0.451. The van der Waals surface area contributed by atoms with Crippen molar-refractivity contribution in [2.45, 2.75) is 31.3 Å². The molecule has 0 aliphatic heterocycles. The van der Waals surface area contributed by atoms with Crippen LogP contribution in [0.1, 0.15) is 36.9 Å². The average Bonchev–Trinajstić information content (AvgIpc) is 3.49. The van der Waals surface area contributed by atoms with Gasteiger partial charge in [-0.25, -0.2) is 4.98 Å². The lowest BCUT2D eigenvalue weighted by Crippen LogP contribution is -2.31. The molecule has 3 heterocycles. The Bertz CT molecular complexity index is 1580. The zero-order valence-corrected chi connectivity index (χ0v) is 20.6. The maximum absolute atomic E-state index is 11.8. The van der Waals surface area contributed by atoms with Gasteiger partial charge >= 0.3 is 0 Å². The van der Waals surface area contributed by atoms with E-state index < -0.39 is 0 Å². The number of benzene rings is 2. The van der Waals surface area contributed by atoms with Crippen molar-refractivity contribution in [1.29, 1.82) is 0 Å². The van der Waals surface area contributed by atoms with Gasteiger partial charge in [-0.2, -0.15) is 0 Å². The third kappa shape index (κ3) is 4.30. The van der Waals surface area contributed by atoms with Crippen LogP contribution in [0.4, 0.5) is 11.4 Å². The van der Waals surface area contributed by atoms with Crippen molar-refractivity contribution >= 4 is 28.6 Å². The monoisotopic (exact) mass is 495 g/mol. The topological polar surface area (TPSA) is 74.2 Å². The molecule has 7 heteroatoms. The minimum Gasteiger partial charge on any atom is -0.352 e. The fourth-order valence-electron chi connectivity index (χ4n) is 4.87. The summed E-state index contributed by atoms with van der Waals surface area (Å²) in [5.74, 6) is 0. The number of hydrogen-bond donors (Lipinski definition) is 3. The summed E-state index contributed by atoms with van der Waals surface area (Å²) in [5.41, 5.74) is 6.86. The standard InChI is InChI=1S/C29H26ClN5O/c1-19(34-29(13-14-29)22-4-6-23(30)7-5-22)20-2-8-24(9-3-20)33-25-10-11-26(35-17-16-32-28(25)35)21-12-15-31-27(36)18-21/h2-12,15-19,33-34H,13-14H2,1H3,(H,31,36)/t19-/m1/s1. The van der Waals surface area contributed by atoms with E-state index in [0.717, 1.165) is 46.1 Å². The normalized spacial score (nSPS) is 15.1. The largest absolute Gasteiger partial charge is 0.352 e. The number of nitrogens with one attached hydrogen (secondary N) is 3. The zero-order valence-electron chi connectivity index (χ0n) is 19.8. The van der Waals surface area contributed by atoms with Gasteiger partial charge in [0.2, 0.25) is 5.56 Å². The van der Waals surface area contributed by atoms with Crippen LogP contribution in [-0.4, -0.2) is 14.4 Å². The Hall–Kier alpha value is -3.87. The Morgan fingerprint density at radius 1 is 1.03 bits per heavy atom. The maximum Gasteiger partial charge on any atom is 0.248 e. The number of anilines is 2. The predicted molar refractivity (Wildman–Crippen MR) is 145 cm³/mol. The van der Waals surface area contributed by atoms with Crippen LogP contribution in [0, 0.1) is 0 Å². The maximum atomic E-state index is 11.8. The van der Waals surface area contributed by atoms with Crippen LogP contribution in [0.15, 0.2) is 96.2 Å². The Balaban J connectivity index is 1.20. The fourth-order valence-corrected chi connectivity index (χ4v) is 5.00. The van der Waals surface area contributed by atoms with Gasteiger partial charge in [0.05, 0.1) is 11.4 Å². The highest BCUT2D eigenvalue weighted by Gasteiger charge is 2.44. The quantitative estimate of drug-likeness (QED) is 0.243. The molecule has 2 aromatic carbocycles. The van der Waals surface area contributed by atoms with E-state index in [9.17, 15) is 4.79 Å². The summed E-state index contributed by atoms with van der Waals surface area (Å²) in [5, 5.41) is 8.10. The van der Waals surface area contributed by atoms with Crippen LogP contribution >= 0.6 is 11.6 Å². The summed E-state index contributed by atoms with van der Waals surface area (Å²) in [6.07, 6.45) is 7.59. The van der Waals surface area contributed by atoms with Gasteiger partial charge in [-0.1, -0.05) is 35.9 Å². The van der Waals surface area contributed by atoms with E-state index in [0.29, 0.717) is 0 Å². The Morgan fingerprint density at radius 3 is 2.53 bits per heavy atom. The summed E-state index contributed by atoms with van der Waals surface area (Å²) < 4.78 is 1.99. The summed E-state index contributed by atoms with van der Waals surface area (Å²) in [6, 6.07) is 24.4. The number of aromatic nitrogens is 3. The second-order valence-corrected chi connectivity index (χ2v) is 9.83. The number of aromatic amines is 1. The van der Waals surface area contributed by atoms with Gasteiger partial charge in [0.15, 0.2) is 5.65 Å². The first-order valence-electron chi connectivity index (χ1n) is 12.1. The SMILES string of the molecule is C[C@@H](NC1(c2ccc(Cl)cc2)CC1)c1ccc(Nc2ccc(-c3cc[nH]c(=O)c3)n3ccnc23)cc1. The van der Waals surface area contributed by atoms with Gasteiger partial charge in [0, 0.05) is 52.5 Å². The van der Waals surface area contributed by atoms with Crippen LogP contribution in [0.5, 0.6) is 0 Å². The number of H-pyrrole nitrogens is 1. The lowest BCUT2D eigenvalue weighted by atomic mass is 10.0. The first-order valence-corrected chi connectivity index (χ1v) is 12.4. The van der Waals surface area contributed by atoms with Crippen LogP contribution in [0.25, 0.3) is 16.9 Å². The van der Waals surface area contributed by atoms with Gasteiger partial charge < -0.3 is 15.6 Å². The average molecular weight is 496 g/mol. The van der Waals surface area contributed by atoms with Crippen molar-refractivity contribution in [3.8, 4) is 11.3 Å². The molecule has 3 aromatic heterocycles. The third-order valence-electron chi connectivity index (χ3n) is 6.95. The molecule has 3 N–H and O–H groups in total. The molecule has 0 amide bonds. The number of hydrogen-bond acceptors (Lipinski definition) is 4. The Labute approximate surface area is 214 Å². The minimum absolute atomic E-state index is 0.0403. The molecule has 0 bridgehead atoms. The summed E-state index contributed by atoms with van der Waals surface area (Å²) in [6.45, 7) is 2.21. The predicted octanol–water partition coefficient (Wildman–Crippen LogP) is 6.43. The highest BCUT2D eigenvalue weighted by atomic mass is 35.5. The van der Waals surface area contributed by atoms with Gasteiger partial charge in [-0.15, -0.1) is 0 Å². The molecule has 6 rings (SSSR count). The second-order valence-electron chi connectivity index (χ2n) is 9.40. The molecule has 0 radical (unpaired) electrons. The van der Waals surface area contributed by atoms with E-state index >= 15 is 0 Å². The van der Waals surface area contributed by atoms with Crippen LogP contribution in [0.2, 0.25) is 5.02 Å². The summed E-state index contributed by atoms with van der Waals surface area (Å²) in [7, 11) is 0. The smallest absolute Gasteiger partial charge is 0.248 e. The molecule has 6 nitrogen and oxygen atoms in total. The van der Waals surface area contributed by atoms with E-state index in [1.54, 1.807) is 18.5 Å². The van der Waals surface area contributed by atoms with Gasteiger partial charge in [-0.3, -0.25) is 9.20 Å². The highest BCUT2D eigenvalue weighted by molar-refractivity contribution is 6.30. The molecular weight excluding hydrogens is 470 g/mol. The van der Waals surface area contributed by atoms with Crippen molar-refractivity contribution < 1.29 is 0 Å². The lowest BCUT2D eigenvalue weighted by Gasteiger charge is -2.24. The molecule has 180 valence electrons. The number of fused-ring (bicyclic) bond motifs is 1. The molecule has 0 saturated heterocycles. The number of nitrogens with zero attached hydrogens (tertiary/aromatic N) is 2. The molecule has 0 spiro atoms. The van der Waals surface area contributed by atoms with Gasteiger partial charge in [0.25, 0.3) is 0 Å².